The van der Waals surface area contributed by atoms with Gasteiger partial charge in [0.15, 0.2) is 0 Å². The summed E-state index contributed by atoms with van der Waals surface area (Å²) in [5, 5.41) is 15.7. The summed E-state index contributed by atoms with van der Waals surface area (Å²) >= 11 is 0. The third-order valence-electron chi connectivity index (χ3n) is 7.18. The predicted octanol–water partition coefficient (Wildman–Crippen LogP) is 5.63. The van der Waals surface area contributed by atoms with Crippen LogP contribution in [0.25, 0.3) is 0 Å². The van der Waals surface area contributed by atoms with Crippen LogP contribution in [0.4, 0.5) is 4.79 Å². The summed E-state index contributed by atoms with van der Waals surface area (Å²) in [4.78, 5) is 43.2. The van der Waals surface area contributed by atoms with E-state index in [2.05, 4.69) is 16.6 Å². The van der Waals surface area contributed by atoms with Crippen LogP contribution in [0.3, 0.4) is 0 Å². The first-order valence-corrected chi connectivity index (χ1v) is 14.7. The van der Waals surface area contributed by atoms with E-state index in [-0.39, 0.29) is 24.1 Å². The molecule has 0 saturated heterocycles. The van der Waals surface area contributed by atoms with Crippen molar-refractivity contribution in [1.82, 2.24) is 15.5 Å². The molecule has 3 amide bonds. The Balaban J connectivity index is 2.06. The second-order valence-electron chi connectivity index (χ2n) is 13.0. The van der Waals surface area contributed by atoms with Gasteiger partial charge in [-0.05, 0) is 89.8 Å². The second kappa shape index (κ2) is 13.8. The van der Waals surface area contributed by atoms with Gasteiger partial charge in [-0.25, -0.2) is 4.79 Å². The van der Waals surface area contributed by atoms with E-state index in [1.54, 1.807) is 62.1 Å². The lowest BCUT2D eigenvalue weighted by Gasteiger charge is -2.43. The molecule has 1 fully saturated rings. The molecule has 42 heavy (non-hydrogen) atoms. The third kappa shape index (κ3) is 9.27. The van der Waals surface area contributed by atoms with E-state index in [0.29, 0.717) is 11.1 Å². The summed E-state index contributed by atoms with van der Waals surface area (Å²) in [5.74, 6) is 1.97. The molecule has 1 saturated carbocycles. The Hall–Kier alpha value is -3.99. The average molecular weight is 576 g/mol. The molecule has 0 radical (unpaired) electrons. The molecule has 2 atom stereocenters. The van der Waals surface area contributed by atoms with Crippen LogP contribution < -0.4 is 10.6 Å². The Morgan fingerprint density at radius 2 is 1.57 bits per heavy atom. The summed E-state index contributed by atoms with van der Waals surface area (Å²) in [5.41, 5.74) is 0.403. The zero-order chi connectivity index (χ0) is 31.1. The van der Waals surface area contributed by atoms with Gasteiger partial charge < -0.3 is 25.4 Å². The highest BCUT2D eigenvalue weighted by atomic mass is 16.6. The minimum absolute atomic E-state index is 0.0309. The van der Waals surface area contributed by atoms with Gasteiger partial charge in [-0.15, -0.1) is 6.42 Å². The number of carbonyl (C=O) groups excluding carboxylic acids is 3. The number of benzene rings is 2. The van der Waals surface area contributed by atoms with Crippen LogP contribution in [0.2, 0.25) is 0 Å². The van der Waals surface area contributed by atoms with Crippen molar-refractivity contribution in [1.29, 1.82) is 0 Å². The molecule has 8 heteroatoms. The van der Waals surface area contributed by atoms with Crippen LogP contribution in [0.5, 0.6) is 5.75 Å². The highest BCUT2D eigenvalue weighted by Gasteiger charge is 2.42. The molecule has 2 aromatic carbocycles. The smallest absolute Gasteiger partial charge is 0.408 e. The van der Waals surface area contributed by atoms with Crippen molar-refractivity contribution < 1.29 is 24.2 Å². The maximum absolute atomic E-state index is 14.6. The number of rotatable bonds is 8. The van der Waals surface area contributed by atoms with E-state index in [9.17, 15) is 19.5 Å². The Morgan fingerprint density at radius 1 is 0.976 bits per heavy atom. The van der Waals surface area contributed by atoms with Crippen LogP contribution in [0, 0.1) is 12.3 Å². The van der Waals surface area contributed by atoms with Crippen molar-refractivity contribution in [3.63, 3.8) is 0 Å². The molecule has 2 unspecified atom stereocenters. The molecule has 0 aliphatic heterocycles. The lowest BCUT2D eigenvalue weighted by Crippen LogP contribution is -2.59. The lowest BCUT2D eigenvalue weighted by molar-refractivity contribution is -0.148. The molecule has 3 rings (SSSR count). The van der Waals surface area contributed by atoms with E-state index >= 15 is 0 Å². The Kier molecular flexibility index (Phi) is 10.7. The molecule has 2 aromatic rings. The molecule has 3 N–H and O–H groups in total. The summed E-state index contributed by atoms with van der Waals surface area (Å²) in [6.07, 6.45) is 9.98. The summed E-state index contributed by atoms with van der Waals surface area (Å²) in [6.45, 7) is 10.8. The number of nitrogens with one attached hydrogen (secondary N) is 2. The first-order valence-electron chi connectivity index (χ1n) is 14.7. The Morgan fingerprint density at radius 3 is 2.10 bits per heavy atom. The lowest BCUT2D eigenvalue weighted by atomic mass is 9.92. The van der Waals surface area contributed by atoms with Crippen molar-refractivity contribution in [2.24, 2.45) is 0 Å². The normalized spacial score (nSPS) is 15.5. The van der Waals surface area contributed by atoms with E-state index < -0.39 is 35.2 Å². The minimum atomic E-state index is -1.06. The van der Waals surface area contributed by atoms with E-state index in [1.807, 2.05) is 20.8 Å². The second-order valence-corrected chi connectivity index (χ2v) is 13.0. The quantitative estimate of drug-likeness (QED) is 0.354. The molecule has 226 valence electrons. The van der Waals surface area contributed by atoms with Crippen LogP contribution in [-0.4, -0.2) is 51.1 Å². The van der Waals surface area contributed by atoms with Gasteiger partial charge in [0.05, 0.1) is 0 Å². The number of alkyl carbamates (subject to hydrolysis) is 1. The number of carbonyl (C=O) groups is 3. The van der Waals surface area contributed by atoms with E-state index in [0.717, 1.165) is 37.7 Å². The molecule has 1 aliphatic rings. The number of nitrogens with zero attached hydrogens (tertiary/aromatic N) is 1. The Labute approximate surface area is 250 Å². The molecule has 0 spiro atoms. The number of aromatic hydroxyl groups is 1. The van der Waals surface area contributed by atoms with Crippen molar-refractivity contribution in [2.75, 3.05) is 0 Å². The van der Waals surface area contributed by atoms with Crippen molar-refractivity contribution in [3.8, 4) is 18.1 Å². The minimum Gasteiger partial charge on any atom is -0.508 e. The summed E-state index contributed by atoms with van der Waals surface area (Å²) in [6, 6.07) is 11.5. The van der Waals surface area contributed by atoms with Gasteiger partial charge in [0.25, 0.3) is 0 Å². The van der Waals surface area contributed by atoms with Crippen LogP contribution in [0.15, 0.2) is 48.5 Å². The molecular formula is C34H45N3O5. The average Bonchev–Trinajstić information content (AvgIpc) is 2.91. The fraction of sp³-hybridized carbons (Fsp3) is 0.500. The van der Waals surface area contributed by atoms with Gasteiger partial charge in [0.1, 0.15) is 23.4 Å². The van der Waals surface area contributed by atoms with Gasteiger partial charge >= 0.3 is 6.09 Å². The van der Waals surface area contributed by atoms with E-state index in [4.69, 9.17) is 11.2 Å². The first kappa shape index (κ1) is 32.5. The van der Waals surface area contributed by atoms with Crippen molar-refractivity contribution in [3.05, 3.63) is 65.2 Å². The van der Waals surface area contributed by atoms with Gasteiger partial charge in [-0.3, -0.25) is 9.59 Å². The van der Waals surface area contributed by atoms with Gasteiger partial charge in [-0.1, -0.05) is 49.4 Å². The number of terminal acetylenes is 1. The molecule has 0 bridgehead atoms. The van der Waals surface area contributed by atoms with Gasteiger partial charge in [0.2, 0.25) is 11.8 Å². The van der Waals surface area contributed by atoms with Crippen LogP contribution in [0.1, 0.15) is 96.4 Å². The molecular weight excluding hydrogens is 530 g/mol. The number of phenolic OH excluding ortho intramolecular Hbond substituents is 1. The van der Waals surface area contributed by atoms with E-state index in [1.165, 1.54) is 12.1 Å². The number of ether oxygens (including phenoxy) is 1. The van der Waals surface area contributed by atoms with Crippen LogP contribution in [-0.2, 0) is 20.7 Å². The number of amides is 3. The topological polar surface area (TPSA) is 108 Å². The summed E-state index contributed by atoms with van der Waals surface area (Å²) in [7, 11) is 0. The maximum atomic E-state index is 14.6. The third-order valence-corrected chi connectivity index (χ3v) is 7.18. The fourth-order valence-electron chi connectivity index (χ4n) is 5.24. The Bertz CT molecular complexity index is 1260. The first-order chi connectivity index (χ1) is 19.7. The monoisotopic (exact) mass is 575 g/mol. The molecule has 0 aromatic heterocycles. The fourth-order valence-corrected chi connectivity index (χ4v) is 5.24. The number of hydrogen-bond acceptors (Lipinski definition) is 5. The van der Waals surface area contributed by atoms with Crippen LogP contribution >= 0.6 is 0 Å². The predicted molar refractivity (Wildman–Crippen MR) is 164 cm³/mol. The van der Waals surface area contributed by atoms with Crippen molar-refractivity contribution >= 4 is 17.9 Å². The highest BCUT2D eigenvalue weighted by molar-refractivity contribution is 5.93. The molecule has 8 nitrogen and oxygen atoms in total. The number of phenols is 1. The zero-order valence-corrected chi connectivity index (χ0v) is 25.7. The van der Waals surface area contributed by atoms with Gasteiger partial charge in [-0.2, -0.15) is 0 Å². The summed E-state index contributed by atoms with van der Waals surface area (Å²) < 4.78 is 5.50. The SMILES string of the molecule is C#Cc1ccc(C(C(=O)NC2CCCCC2)N(C(=O)C(Cc2ccc(O)cc2)NC(=O)OC(C)(C)C)C(C)(C)C)cc1. The largest absolute Gasteiger partial charge is 0.508 e. The number of hydrogen-bond donors (Lipinski definition) is 3. The van der Waals surface area contributed by atoms with Gasteiger partial charge in [0, 0.05) is 23.6 Å². The maximum Gasteiger partial charge on any atom is 0.408 e. The van der Waals surface area contributed by atoms with Crippen molar-refractivity contribution in [2.45, 2.75) is 109 Å². The zero-order valence-electron chi connectivity index (χ0n) is 25.7. The standard InChI is InChI=1S/C34H45N3O5/c1-8-23-14-18-25(19-15-23)29(30(39)35-26-12-10-9-11-13-26)37(33(2,3)4)31(40)28(36-32(41)42-34(5,6)7)22-24-16-20-27(38)21-17-24/h1,14-21,26,28-29,38H,9-13,22H2,2-7H3,(H,35,39)(H,36,41). The molecule has 0 heterocycles. The highest BCUT2D eigenvalue weighted by Crippen LogP contribution is 2.32. The molecule has 1 aliphatic carbocycles.